The number of carbonyl (C=O) groups is 3. The Morgan fingerprint density at radius 2 is 1.96 bits per heavy atom. The molecule has 0 saturated carbocycles. The van der Waals surface area contributed by atoms with Gasteiger partial charge in [-0.05, 0) is 39.0 Å². The molecule has 0 aliphatic carbocycles. The Kier molecular flexibility index (Phi) is 6.63. The first-order valence-electron chi connectivity index (χ1n) is 8.36. The molecule has 1 aliphatic rings. The summed E-state index contributed by atoms with van der Waals surface area (Å²) in [5.41, 5.74) is -0.604. The second kappa shape index (κ2) is 8.53. The minimum atomic E-state index is -0.604. The summed E-state index contributed by atoms with van der Waals surface area (Å²) >= 11 is 3.31. The molecule has 1 fully saturated rings. The molecule has 2 rings (SSSR count). The molecule has 1 saturated heterocycles. The van der Waals surface area contributed by atoms with Crippen LogP contribution in [0.5, 0.6) is 5.75 Å². The van der Waals surface area contributed by atoms with Gasteiger partial charge in [-0.1, -0.05) is 22.0 Å². The van der Waals surface area contributed by atoms with Gasteiger partial charge in [0.15, 0.2) is 0 Å². The highest BCUT2D eigenvalue weighted by molar-refractivity contribution is 9.10. The fraction of sp³-hybridized carbons (Fsp3) is 0.500. The molecule has 1 aliphatic heterocycles. The highest BCUT2D eigenvalue weighted by atomic mass is 79.9. The predicted octanol–water partition coefficient (Wildman–Crippen LogP) is 2.82. The molecule has 1 aromatic carbocycles. The number of rotatable bonds is 4. The Bertz CT molecular complexity index is 686. The summed E-state index contributed by atoms with van der Waals surface area (Å²) in [4.78, 5) is 39.1. The number of benzene rings is 1. The van der Waals surface area contributed by atoms with Crippen molar-refractivity contribution in [2.75, 3.05) is 26.2 Å². The molecule has 0 unspecified atom stereocenters. The first-order valence-corrected chi connectivity index (χ1v) is 9.15. The molecule has 0 N–H and O–H groups in total. The highest BCUT2D eigenvalue weighted by Crippen LogP contribution is 2.18. The van der Waals surface area contributed by atoms with Gasteiger partial charge in [-0.25, -0.2) is 4.79 Å². The number of hydrogen-bond donors (Lipinski definition) is 0. The van der Waals surface area contributed by atoms with Crippen LogP contribution in [0.25, 0.3) is 0 Å². The lowest BCUT2D eigenvalue weighted by Gasteiger charge is -2.35. The number of carbonyl (C=O) groups excluding carboxylic acids is 3. The first-order chi connectivity index (χ1) is 12.1. The second-order valence-corrected chi connectivity index (χ2v) is 7.88. The van der Waals surface area contributed by atoms with Gasteiger partial charge in [0.25, 0.3) is 0 Å². The number of piperazine rings is 1. The van der Waals surface area contributed by atoms with Crippen molar-refractivity contribution < 1.29 is 23.9 Å². The summed E-state index contributed by atoms with van der Waals surface area (Å²) in [6.07, 6.45) is -0.412. The van der Waals surface area contributed by atoms with Gasteiger partial charge in [-0.2, -0.15) is 0 Å². The molecule has 1 aromatic rings. The molecule has 8 heteroatoms. The van der Waals surface area contributed by atoms with Gasteiger partial charge < -0.3 is 14.4 Å². The molecule has 2 amide bonds. The summed E-state index contributed by atoms with van der Waals surface area (Å²) in [5, 5.41) is 0. The van der Waals surface area contributed by atoms with Gasteiger partial charge in [-0.15, -0.1) is 0 Å². The van der Waals surface area contributed by atoms with E-state index >= 15 is 0 Å². The molecule has 26 heavy (non-hydrogen) atoms. The zero-order valence-corrected chi connectivity index (χ0v) is 16.7. The highest BCUT2D eigenvalue weighted by Gasteiger charge is 2.30. The van der Waals surface area contributed by atoms with Crippen LogP contribution in [0.3, 0.4) is 0 Å². The summed E-state index contributed by atoms with van der Waals surface area (Å²) in [6.45, 7) is 6.28. The van der Waals surface area contributed by atoms with Crippen LogP contribution in [0.2, 0.25) is 0 Å². The third kappa shape index (κ3) is 6.33. The van der Waals surface area contributed by atoms with Crippen LogP contribution in [0.1, 0.15) is 27.2 Å². The SMILES string of the molecule is CC(C)(C)OC(=O)N1CCN(CCC(=O)Oc2cccc(Br)c2)C(=O)C1. The number of nitrogens with zero attached hydrogens (tertiary/aromatic N) is 2. The lowest BCUT2D eigenvalue weighted by Crippen LogP contribution is -2.53. The maximum Gasteiger partial charge on any atom is 0.410 e. The largest absolute Gasteiger partial charge is 0.444 e. The topological polar surface area (TPSA) is 76.2 Å². The molecule has 0 spiro atoms. The summed E-state index contributed by atoms with van der Waals surface area (Å²) < 4.78 is 11.3. The molecule has 0 atom stereocenters. The van der Waals surface area contributed by atoms with E-state index in [1.165, 1.54) is 4.90 Å². The maximum atomic E-state index is 12.2. The number of halogens is 1. The second-order valence-electron chi connectivity index (χ2n) is 6.96. The van der Waals surface area contributed by atoms with Crippen molar-refractivity contribution in [3.8, 4) is 5.75 Å². The minimum Gasteiger partial charge on any atom is -0.444 e. The third-order valence-electron chi connectivity index (χ3n) is 3.58. The molecule has 0 bridgehead atoms. The van der Waals surface area contributed by atoms with Crippen LogP contribution in [0.15, 0.2) is 28.7 Å². The lowest BCUT2D eigenvalue weighted by atomic mass is 10.2. The Morgan fingerprint density at radius 3 is 2.58 bits per heavy atom. The van der Waals surface area contributed by atoms with Crippen LogP contribution in [0, 0.1) is 0 Å². The van der Waals surface area contributed by atoms with Gasteiger partial charge in [0.05, 0.1) is 6.42 Å². The van der Waals surface area contributed by atoms with E-state index < -0.39 is 17.7 Å². The Balaban J connectivity index is 1.78. The Morgan fingerprint density at radius 1 is 1.23 bits per heavy atom. The zero-order valence-electron chi connectivity index (χ0n) is 15.2. The van der Waals surface area contributed by atoms with E-state index in [0.717, 1.165) is 4.47 Å². The van der Waals surface area contributed by atoms with Crippen molar-refractivity contribution in [1.82, 2.24) is 9.80 Å². The number of ether oxygens (including phenoxy) is 2. The summed E-state index contributed by atoms with van der Waals surface area (Å²) in [6, 6.07) is 6.99. The standard InChI is InChI=1S/C18H23BrN2O5/c1-18(2,3)26-17(24)21-10-9-20(15(22)12-21)8-7-16(23)25-14-6-4-5-13(19)11-14/h4-6,11H,7-10,12H2,1-3H3. The van der Waals surface area contributed by atoms with Crippen LogP contribution in [-0.4, -0.2) is 59.5 Å². The van der Waals surface area contributed by atoms with Crippen molar-refractivity contribution in [1.29, 1.82) is 0 Å². The average Bonchev–Trinajstić information content (AvgIpc) is 2.52. The summed E-state index contributed by atoms with van der Waals surface area (Å²) in [5.74, 6) is -0.173. The molecule has 7 nitrogen and oxygen atoms in total. The monoisotopic (exact) mass is 426 g/mol. The van der Waals surface area contributed by atoms with Gasteiger partial charge in [0.2, 0.25) is 5.91 Å². The maximum absolute atomic E-state index is 12.2. The van der Waals surface area contributed by atoms with E-state index in [2.05, 4.69) is 15.9 Å². The molecule has 0 radical (unpaired) electrons. The minimum absolute atomic E-state index is 0.0460. The molecule has 1 heterocycles. The van der Waals surface area contributed by atoms with E-state index in [1.54, 1.807) is 43.9 Å². The van der Waals surface area contributed by atoms with Crippen LogP contribution >= 0.6 is 15.9 Å². The van der Waals surface area contributed by atoms with Gasteiger partial charge in [0.1, 0.15) is 17.9 Å². The number of amides is 2. The quantitative estimate of drug-likeness (QED) is 0.546. The van der Waals surface area contributed by atoms with Crippen LogP contribution < -0.4 is 4.74 Å². The number of hydrogen-bond acceptors (Lipinski definition) is 5. The lowest BCUT2D eigenvalue weighted by molar-refractivity contribution is -0.138. The fourth-order valence-corrected chi connectivity index (χ4v) is 2.74. The van der Waals surface area contributed by atoms with Gasteiger partial charge >= 0.3 is 12.1 Å². The molecular formula is C18H23BrN2O5. The Labute approximate surface area is 161 Å². The smallest absolute Gasteiger partial charge is 0.410 e. The van der Waals surface area contributed by atoms with E-state index in [0.29, 0.717) is 18.8 Å². The fourth-order valence-electron chi connectivity index (χ4n) is 2.37. The molecule has 142 valence electrons. The first kappa shape index (κ1) is 20.2. The van der Waals surface area contributed by atoms with Crippen molar-refractivity contribution in [3.05, 3.63) is 28.7 Å². The normalized spacial score (nSPS) is 15.0. The van der Waals surface area contributed by atoms with E-state index in [1.807, 2.05) is 6.07 Å². The third-order valence-corrected chi connectivity index (χ3v) is 4.08. The van der Waals surface area contributed by atoms with Crippen LogP contribution in [0.4, 0.5) is 4.79 Å². The summed E-state index contributed by atoms with van der Waals surface area (Å²) in [7, 11) is 0. The molecule has 0 aromatic heterocycles. The van der Waals surface area contributed by atoms with Crippen LogP contribution in [-0.2, 0) is 14.3 Å². The predicted molar refractivity (Wildman–Crippen MR) is 98.8 cm³/mol. The van der Waals surface area contributed by atoms with Crippen molar-refractivity contribution >= 4 is 33.9 Å². The van der Waals surface area contributed by atoms with E-state index in [9.17, 15) is 14.4 Å². The molecular weight excluding hydrogens is 404 g/mol. The van der Waals surface area contributed by atoms with Crippen molar-refractivity contribution in [2.24, 2.45) is 0 Å². The zero-order chi connectivity index (χ0) is 19.3. The average molecular weight is 427 g/mol. The van der Waals surface area contributed by atoms with E-state index in [-0.39, 0.29) is 25.4 Å². The van der Waals surface area contributed by atoms with Gasteiger partial charge in [0, 0.05) is 24.1 Å². The van der Waals surface area contributed by atoms with Gasteiger partial charge in [-0.3, -0.25) is 14.5 Å². The van der Waals surface area contributed by atoms with E-state index in [4.69, 9.17) is 9.47 Å². The van der Waals surface area contributed by atoms with Crippen molar-refractivity contribution in [2.45, 2.75) is 32.8 Å². The van der Waals surface area contributed by atoms with Crippen molar-refractivity contribution in [3.63, 3.8) is 0 Å². The Hall–Kier alpha value is -2.09. The number of esters is 1.